The Morgan fingerprint density at radius 1 is 1.32 bits per heavy atom. The SMILES string of the molecule is CCn1nccc1CCN1CCC(Oc2ccnc(C(N)=O)c2)CC1. The van der Waals surface area contributed by atoms with Crippen molar-refractivity contribution in [1.82, 2.24) is 19.7 Å². The number of aryl methyl sites for hydroxylation is 1. The van der Waals surface area contributed by atoms with Gasteiger partial charge in [-0.2, -0.15) is 5.10 Å². The van der Waals surface area contributed by atoms with E-state index in [0.717, 1.165) is 45.4 Å². The van der Waals surface area contributed by atoms with Crippen LogP contribution in [0.4, 0.5) is 0 Å². The summed E-state index contributed by atoms with van der Waals surface area (Å²) in [4.78, 5) is 17.6. The molecular formula is C18H25N5O2. The summed E-state index contributed by atoms with van der Waals surface area (Å²) < 4.78 is 8.04. The maximum atomic E-state index is 11.2. The van der Waals surface area contributed by atoms with Gasteiger partial charge in [0, 0.05) is 56.8 Å². The van der Waals surface area contributed by atoms with Crippen LogP contribution in [-0.2, 0) is 13.0 Å². The van der Waals surface area contributed by atoms with Crippen LogP contribution in [0.25, 0.3) is 0 Å². The molecular weight excluding hydrogens is 318 g/mol. The first-order chi connectivity index (χ1) is 12.2. The van der Waals surface area contributed by atoms with Crippen molar-refractivity contribution in [2.24, 2.45) is 5.73 Å². The van der Waals surface area contributed by atoms with Crippen molar-refractivity contribution in [3.63, 3.8) is 0 Å². The van der Waals surface area contributed by atoms with Crippen molar-refractivity contribution >= 4 is 5.91 Å². The first-order valence-corrected chi connectivity index (χ1v) is 8.81. The van der Waals surface area contributed by atoms with E-state index < -0.39 is 5.91 Å². The van der Waals surface area contributed by atoms with E-state index in [1.807, 2.05) is 6.20 Å². The van der Waals surface area contributed by atoms with Crippen LogP contribution in [0.15, 0.2) is 30.6 Å². The number of piperidine rings is 1. The molecule has 7 nitrogen and oxygen atoms in total. The summed E-state index contributed by atoms with van der Waals surface area (Å²) in [5.41, 5.74) is 6.79. The summed E-state index contributed by atoms with van der Waals surface area (Å²) in [6.07, 6.45) is 6.56. The minimum atomic E-state index is -0.536. The lowest BCUT2D eigenvalue weighted by molar-refractivity contribution is 0.0976. The van der Waals surface area contributed by atoms with Crippen LogP contribution in [0.1, 0.15) is 35.9 Å². The summed E-state index contributed by atoms with van der Waals surface area (Å²) in [6.45, 7) is 6.09. The molecule has 2 aromatic rings. The minimum Gasteiger partial charge on any atom is -0.490 e. The molecule has 0 atom stereocenters. The Kier molecular flexibility index (Phi) is 5.65. The second-order valence-electron chi connectivity index (χ2n) is 6.29. The topological polar surface area (TPSA) is 86.3 Å². The van der Waals surface area contributed by atoms with Crippen LogP contribution >= 0.6 is 0 Å². The molecule has 0 unspecified atom stereocenters. The third-order valence-corrected chi connectivity index (χ3v) is 4.61. The first-order valence-electron chi connectivity index (χ1n) is 8.81. The van der Waals surface area contributed by atoms with Gasteiger partial charge in [-0.1, -0.05) is 0 Å². The van der Waals surface area contributed by atoms with Crippen molar-refractivity contribution in [3.8, 4) is 5.75 Å². The average molecular weight is 343 g/mol. The van der Waals surface area contributed by atoms with E-state index in [4.69, 9.17) is 10.5 Å². The van der Waals surface area contributed by atoms with Gasteiger partial charge in [0.25, 0.3) is 5.91 Å². The van der Waals surface area contributed by atoms with Crippen molar-refractivity contribution in [2.75, 3.05) is 19.6 Å². The fourth-order valence-electron chi connectivity index (χ4n) is 3.19. The molecule has 134 valence electrons. The van der Waals surface area contributed by atoms with Crippen LogP contribution in [0.2, 0.25) is 0 Å². The minimum absolute atomic E-state index is 0.167. The van der Waals surface area contributed by atoms with E-state index in [1.165, 1.54) is 5.69 Å². The quantitative estimate of drug-likeness (QED) is 0.823. The number of amides is 1. The highest BCUT2D eigenvalue weighted by molar-refractivity contribution is 5.91. The molecule has 1 saturated heterocycles. The number of ether oxygens (including phenoxy) is 1. The maximum Gasteiger partial charge on any atom is 0.267 e. The summed E-state index contributed by atoms with van der Waals surface area (Å²) in [5.74, 6) is 0.126. The third kappa shape index (κ3) is 4.57. The number of carbonyl (C=O) groups is 1. The molecule has 1 amide bonds. The molecule has 0 bridgehead atoms. The molecule has 1 aliphatic heterocycles. The number of carbonyl (C=O) groups excluding carboxylic acids is 1. The number of rotatable bonds is 7. The number of likely N-dealkylation sites (tertiary alicyclic amines) is 1. The fraction of sp³-hybridized carbons (Fsp3) is 0.500. The molecule has 2 aromatic heterocycles. The predicted octanol–water partition coefficient (Wildman–Crippen LogP) is 1.48. The van der Waals surface area contributed by atoms with E-state index in [-0.39, 0.29) is 11.8 Å². The van der Waals surface area contributed by atoms with Crippen molar-refractivity contribution in [2.45, 2.75) is 38.8 Å². The van der Waals surface area contributed by atoms with Gasteiger partial charge in [-0.15, -0.1) is 0 Å². The second-order valence-corrected chi connectivity index (χ2v) is 6.29. The van der Waals surface area contributed by atoms with Gasteiger partial charge < -0.3 is 15.4 Å². The van der Waals surface area contributed by atoms with Crippen LogP contribution in [0, 0.1) is 0 Å². The Morgan fingerprint density at radius 2 is 2.12 bits per heavy atom. The maximum absolute atomic E-state index is 11.2. The van der Waals surface area contributed by atoms with E-state index in [2.05, 4.69) is 32.7 Å². The van der Waals surface area contributed by atoms with Gasteiger partial charge in [0.1, 0.15) is 17.5 Å². The van der Waals surface area contributed by atoms with Gasteiger partial charge in [0.2, 0.25) is 0 Å². The van der Waals surface area contributed by atoms with E-state index in [0.29, 0.717) is 5.75 Å². The lowest BCUT2D eigenvalue weighted by Crippen LogP contribution is -2.39. The lowest BCUT2D eigenvalue weighted by Gasteiger charge is -2.32. The van der Waals surface area contributed by atoms with Crippen LogP contribution in [0.3, 0.4) is 0 Å². The van der Waals surface area contributed by atoms with Crippen LogP contribution < -0.4 is 10.5 Å². The molecule has 0 radical (unpaired) electrons. The molecule has 1 fully saturated rings. The van der Waals surface area contributed by atoms with Gasteiger partial charge in [-0.3, -0.25) is 14.5 Å². The van der Waals surface area contributed by atoms with Crippen molar-refractivity contribution in [1.29, 1.82) is 0 Å². The van der Waals surface area contributed by atoms with E-state index in [9.17, 15) is 4.79 Å². The Morgan fingerprint density at radius 3 is 2.84 bits per heavy atom. The largest absolute Gasteiger partial charge is 0.490 e. The Labute approximate surface area is 147 Å². The van der Waals surface area contributed by atoms with Crippen molar-refractivity contribution < 1.29 is 9.53 Å². The molecule has 3 rings (SSSR count). The second kappa shape index (κ2) is 8.11. The van der Waals surface area contributed by atoms with Gasteiger partial charge in [-0.25, -0.2) is 0 Å². The van der Waals surface area contributed by atoms with E-state index in [1.54, 1.807) is 18.3 Å². The van der Waals surface area contributed by atoms with E-state index >= 15 is 0 Å². The molecule has 1 aliphatic rings. The Hall–Kier alpha value is -2.41. The highest BCUT2D eigenvalue weighted by Crippen LogP contribution is 2.19. The summed E-state index contributed by atoms with van der Waals surface area (Å²) in [7, 11) is 0. The van der Waals surface area contributed by atoms with Crippen LogP contribution in [0.5, 0.6) is 5.75 Å². The number of hydrogen-bond acceptors (Lipinski definition) is 5. The van der Waals surface area contributed by atoms with Crippen molar-refractivity contribution in [3.05, 3.63) is 42.0 Å². The zero-order valence-electron chi connectivity index (χ0n) is 14.6. The molecule has 2 N–H and O–H groups in total. The molecule has 7 heteroatoms. The highest BCUT2D eigenvalue weighted by Gasteiger charge is 2.21. The normalized spacial score (nSPS) is 16.0. The summed E-state index contributed by atoms with van der Waals surface area (Å²) in [5, 5.41) is 4.32. The van der Waals surface area contributed by atoms with Gasteiger partial charge in [0.05, 0.1) is 0 Å². The van der Waals surface area contributed by atoms with Gasteiger partial charge >= 0.3 is 0 Å². The number of hydrogen-bond donors (Lipinski definition) is 1. The standard InChI is InChI=1S/C18H25N5O2/c1-2-23-14(3-9-21-23)5-10-22-11-6-15(7-12-22)25-16-4-8-20-17(13-16)18(19)24/h3-4,8-9,13,15H,2,5-7,10-12H2,1H3,(H2,19,24). The number of nitrogens with zero attached hydrogens (tertiary/aromatic N) is 4. The number of pyridine rings is 1. The zero-order valence-corrected chi connectivity index (χ0v) is 14.6. The first kappa shape index (κ1) is 17.4. The predicted molar refractivity (Wildman–Crippen MR) is 94.4 cm³/mol. The zero-order chi connectivity index (χ0) is 17.6. The molecule has 0 spiro atoms. The number of aromatic nitrogens is 3. The molecule has 0 aromatic carbocycles. The van der Waals surface area contributed by atoms with Crippen LogP contribution in [-0.4, -0.2) is 51.3 Å². The molecule has 0 aliphatic carbocycles. The molecule has 3 heterocycles. The molecule has 25 heavy (non-hydrogen) atoms. The lowest BCUT2D eigenvalue weighted by atomic mass is 10.1. The number of primary amides is 1. The van der Waals surface area contributed by atoms with Gasteiger partial charge in [-0.05, 0) is 31.9 Å². The monoisotopic (exact) mass is 343 g/mol. The highest BCUT2D eigenvalue weighted by atomic mass is 16.5. The third-order valence-electron chi connectivity index (χ3n) is 4.61. The Balaban J connectivity index is 1.45. The summed E-state index contributed by atoms with van der Waals surface area (Å²) in [6, 6.07) is 5.48. The fourth-order valence-corrected chi connectivity index (χ4v) is 3.19. The smallest absolute Gasteiger partial charge is 0.267 e. The average Bonchev–Trinajstić information content (AvgIpc) is 3.09. The Bertz CT molecular complexity index is 707. The number of nitrogens with two attached hydrogens (primary N) is 1. The molecule has 0 saturated carbocycles. The summed E-state index contributed by atoms with van der Waals surface area (Å²) >= 11 is 0. The van der Waals surface area contributed by atoms with Gasteiger partial charge in [0.15, 0.2) is 0 Å².